The number of carbonyl (C=O) groups excluding carboxylic acids is 2. The van der Waals surface area contributed by atoms with Crippen LogP contribution in [0, 0.1) is 0 Å². The zero-order valence-electron chi connectivity index (χ0n) is 15.4. The molecule has 3 rings (SSSR count). The maximum atomic E-state index is 12.1. The van der Waals surface area contributed by atoms with E-state index in [1.165, 1.54) is 0 Å². The summed E-state index contributed by atoms with van der Waals surface area (Å²) in [6.45, 7) is 3.84. The largest absolute Gasteiger partial charge is 0.456 e. The van der Waals surface area contributed by atoms with E-state index in [2.05, 4.69) is 24.1 Å². The Morgan fingerprint density at radius 1 is 1.11 bits per heavy atom. The number of hydrogen-bond acceptors (Lipinski definition) is 5. The van der Waals surface area contributed by atoms with Crippen molar-refractivity contribution in [1.29, 1.82) is 0 Å². The minimum atomic E-state index is -0.401. The first-order chi connectivity index (χ1) is 13.0. The van der Waals surface area contributed by atoms with Gasteiger partial charge in [-0.2, -0.15) is 0 Å². The van der Waals surface area contributed by atoms with Crippen LogP contribution in [0.5, 0.6) is 0 Å². The quantitative estimate of drug-likeness (QED) is 0.610. The number of aryl methyl sites for hydroxylation is 1. The van der Waals surface area contributed by atoms with Crippen LogP contribution in [0.15, 0.2) is 48.5 Å². The van der Waals surface area contributed by atoms with Crippen LogP contribution in [0.1, 0.15) is 36.8 Å². The first-order valence-electron chi connectivity index (χ1n) is 8.92. The summed E-state index contributed by atoms with van der Waals surface area (Å²) < 4.78 is 6.20. The molecule has 2 aromatic carbocycles. The fourth-order valence-electron chi connectivity index (χ4n) is 2.75. The first-order valence-corrected chi connectivity index (χ1v) is 9.73. The molecule has 0 fully saturated rings. The van der Waals surface area contributed by atoms with Crippen molar-refractivity contribution in [2.75, 3.05) is 11.9 Å². The standard InChI is InChI=1S/C21H22N2O3S/c1-14(2)15-7-3-4-8-16(15)22-19(24)13-26-21(25)12-11-20-23-17-9-5-6-10-18(17)27-20/h3-10,14H,11-13H2,1-2H3,(H,22,24). The Morgan fingerprint density at radius 3 is 2.63 bits per heavy atom. The summed E-state index contributed by atoms with van der Waals surface area (Å²) >= 11 is 1.57. The van der Waals surface area contributed by atoms with Crippen LogP contribution in [0.2, 0.25) is 0 Å². The number of aromatic nitrogens is 1. The van der Waals surface area contributed by atoms with Crippen molar-refractivity contribution in [1.82, 2.24) is 4.98 Å². The molecule has 3 aromatic rings. The number of hydrogen-bond donors (Lipinski definition) is 1. The molecule has 0 saturated carbocycles. The van der Waals surface area contributed by atoms with Crippen molar-refractivity contribution in [2.24, 2.45) is 0 Å². The molecule has 1 heterocycles. The minimum absolute atomic E-state index is 0.204. The van der Waals surface area contributed by atoms with Crippen molar-refractivity contribution in [2.45, 2.75) is 32.6 Å². The van der Waals surface area contributed by atoms with Gasteiger partial charge in [0.1, 0.15) is 0 Å². The molecule has 5 nitrogen and oxygen atoms in total. The number of fused-ring (bicyclic) bond motifs is 1. The van der Waals surface area contributed by atoms with Crippen molar-refractivity contribution < 1.29 is 14.3 Å². The second-order valence-corrected chi connectivity index (χ2v) is 7.64. The van der Waals surface area contributed by atoms with E-state index in [0.717, 1.165) is 26.5 Å². The number of benzene rings is 2. The number of rotatable bonds is 7. The van der Waals surface area contributed by atoms with E-state index in [-0.39, 0.29) is 24.9 Å². The van der Waals surface area contributed by atoms with Crippen LogP contribution < -0.4 is 5.32 Å². The number of thiazole rings is 1. The van der Waals surface area contributed by atoms with Gasteiger partial charge < -0.3 is 10.1 Å². The first kappa shape index (κ1) is 19.0. The number of para-hydroxylation sites is 2. The van der Waals surface area contributed by atoms with E-state index < -0.39 is 5.97 Å². The summed E-state index contributed by atoms with van der Waals surface area (Å²) in [7, 11) is 0. The molecule has 0 aliphatic rings. The topological polar surface area (TPSA) is 68.3 Å². The summed E-state index contributed by atoms with van der Waals surface area (Å²) in [5.41, 5.74) is 2.74. The van der Waals surface area contributed by atoms with Gasteiger partial charge in [0.25, 0.3) is 5.91 Å². The number of ether oxygens (including phenoxy) is 1. The highest BCUT2D eigenvalue weighted by molar-refractivity contribution is 7.18. The highest BCUT2D eigenvalue weighted by atomic mass is 32.1. The molecule has 0 aliphatic carbocycles. The van der Waals surface area contributed by atoms with Crippen LogP contribution in [-0.4, -0.2) is 23.5 Å². The number of nitrogens with zero attached hydrogens (tertiary/aromatic N) is 1. The van der Waals surface area contributed by atoms with Gasteiger partial charge in [-0.25, -0.2) is 4.98 Å². The number of anilines is 1. The summed E-state index contributed by atoms with van der Waals surface area (Å²) in [4.78, 5) is 28.5. The van der Waals surface area contributed by atoms with Gasteiger partial charge >= 0.3 is 5.97 Å². The van der Waals surface area contributed by atoms with Crippen molar-refractivity contribution >= 4 is 39.1 Å². The predicted molar refractivity (Wildman–Crippen MR) is 108 cm³/mol. The van der Waals surface area contributed by atoms with Gasteiger partial charge in [-0.3, -0.25) is 9.59 Å². The van der Waals surface area contributed by atoms with E-state index >= 15 is 0 Å². The van der Waals surface area contributed by atoms with E-state index in [0.29, 0.717) is 6.42 Å². The van der Waals surface area contributed by atoms with Crippen LogP contribution >= 0.6 is 11.3 Å². The normalized spacial score (nSPS) is 10.9. The molecule has 0 bridgehead atoms. The molecular formula is C21H22N2O3S. The smallest absolute Gasteiger partial charge is 0.306 e. The lowest BCUT2D eigenvalue weighted by atomic mass is 10.0. The molecule has 0 atom stereocenters. The average Bonchev–Trinajstić information content (AvgIpc) is 3.08. The SMILES string of the molecule is CC(C)c1ccccc1NC(=O)COC(=O)CCc1nc2ccccc2s1. The van der Waals surface area contributed by atoms with Crippen LogP contribution in [0.3, 0.4) is 0 Å². The van der Waals surface area contributed by atoms with E-state index in [4.69, 9.17) is 4.74 Å². The number of carbonyl (C=O) groups is 2. The van der Waals surface area contributed by atoms with E-state index in [1.807, 2.05) is 48.5 Å². The molecule has 0 unspecified atom stereocenters. The number of amides is 1. The van der Waals surface area contributed by atoms with Gasteiger partial charge in [-0.15, -0.1) is 11.3 Å². The summed E-state index contributed by atoms with van der Waals surface area (Å²) in [5.74, 6) is -0.448. The van der Waals surface area contributed by atoms with Gasteiger partial charge in [0, 0.05) is 12.1 Å². The van der Waals surface area contributed by atoms with E-state index in [1.54, 1.807) is 11.3 Å². The summed E-state index contributed by atoms with van der Waals surface area (Å²) in [5, 5.41) is 3.70. The maximum Gasteiger partial charge on any atom is 0.306 e. The fraction of sp³-hybridized carbons (Fsp3) is 0.286. The highest BCUT2D eigenvalue weighted by Crippen LogP contribution is 2.24. The van der Waals surface area contributed by atoms with Crippen LogP contribution in [0.4, 0.5) is 5.69 Å². The number of nitrogens with one attached hydrogen (secondary N) is 1. The molecule has 6 heteroatoms. The van der Waals surface area contributed by atoms with Crippen LogP contribution in [-0.2, 0) is 20.7 Å². The highest BCUT2D eigenvalue weighted by Gasteiger charge is 2.12. The average molecular weight is 382 g/mol. The predicted octanol–water partition coefficient (Wildman–Crippen LogP) is 4.53. The fourth-order valence-corrected chi connectivity index (χ4v) is 3.72. The Morgan fingerprint density at radius 2 is 1.85 bits per heavy atom. The second kappa shape index (κ2) is 8.77. The monoisotopic (exact) mass is 382 g/mol. The lowest BCUT2D eigenvalue weighted by Crippen LogP contribution is -2.21. The molecule has 27 heavy (non-hydrogen) atoms. The molecule has 140 valence electrons. The minimum Gasteiger partial charge on any atom is -0.456 e. The van der Waals surface area contributed by atoms with Crippen molar-refractivity contribution in [3.63, 3.8) is 0 Å². The summed E-state index contributed by atoms with van der Waals surface area (Å²) in [6, 6.07) is 15.5. The third-order valence-corrected chi connectivity index (χ3v) is 5.20. The third kappa shape index (κ3) is 5.14. The third-order valence-electron chi connectivity index (χ3n) is 4.10. The van der Waals surface area contributed by atoms with Gasteiger partial charge in [-0.1, -0.05) is 44.2 Å². The van der Waals surface area contributed by atoms with Crippen molar-refractivity contribution in [3.05, 3.63) is 59.1 Å². The Balaban J connectivity index is 1.47. The molecule has 1 aromatic heterocycles. The van der Waals surface area contributed by atoms with Crippen LogP contribution in [0.25, 0.3) is 10.2 Å². The van der Waals surface area contributed by atoms with Gasteiger partial charge in [0.2, 0.25) is 0 Å². The Hall–Kier alpha value is -2.73. The molecule has 1 amide bonds. The molecular weight excluding hydrogens is 360 g/mol. The lowest BCUT2D eigenvalue weighted by molar-refractivity contribution is -0.147. The van der Waals surface area contributed by atoms with Crippen molar-refractivity contribution in [3.8, 4) is 0 Å². The molecule has 1 N–H and O–H groups in total. The number of esters is 1. The van der Waals surface area contributed by atoms with Gasteiger partial charge in [0.15, 0.2) is 6.61 Å². The Bertz CT molecular complexity index is 916. The zero-order chi connectivity index (χ0) is 19.2. The van der Waals surface area contributed by atoms with Gasteiger partial charge in [0.05, 0.1) is 21.6 Å². The molecule has 0 spiro atoms. The van der Waals surface area contributed by atoms with E-state index in [9.17, 15) is 9.59 Å². The zero-order valence-corrected chi connectivity index (χ0v) is 16.2. The Kier molecular flexibility index (Phi) is 6.19. The molecule has 0 aliphatic heterocycles. The second-order valence-electron chi connectivity index (χ2n) is 6.53. The maximum absolute atomic E-state index is 12.1. The molecule has 0 saturated heterocycles. The van der Waals surface area contributed by atoms with Gasteiger partial charge in [-0.05, 0) is 29.7 Å². The lowest BCUT2D eigenvalue weighted by Gasteiger charge is -2.13. The summed E-state index contributed by atoms with van der Waals surface area (Å²) in [6.07, 6.45) is 0.714. The molecule has 0 radical (unpaired) electrons. The Labute approximate surface area is 162 Å².